The number of aryl methyl sites for hydroxylation is 1. The Bertz CT molecular complexity index is 1160. The number of nitrogens with zero attached hydrogens (tertiary/aromatic N) is 1. The monoisotopic (exact) mass is 430 g/mol. The van der Waals surface area contributed by atoms with Gasteiger partial charge in [0, 0.05) is 24.7 Å². The van der Waals surface area contributed by atoms with Gasteiger partial charge >= 0.3 is 5.97 Å². The van der Waals surface area contributed by atoms with Gasteiger partial charge in [0.2, 0.25) is 0 Å². The van der Waals surface area contributed by atoms with Gasteiger partial charge in [-0.25, -0.2) is 4.79 Å². The number of amides is 1. The number of benzene rings is 3. The van der Waals surface area contributed by atoms with Gasteiger partial charge in [0.05, 0.1) is 23.9 Å². The third-order valence-electron chi connectivity index (χ3n) is 5.90. The molecule has 164 valence electrons. The van der Waals surface area contributed by atoms with Crippen LogP contribution in [0.2, 0.25) is 0 Å². The van der Waals surface area contributed by atoms with Gasteiger partial charge in [-0.05, 0) is 49.2 Å². The van der Waals surface area contributed by atoms with Crippen molar-refractivity contribution in [3.8, 4) is 5.75 Å². The molecule has 1 fully saturated rings. The number of carboxylic acid groups (broad SMARTS) is 1. The summed E-state index contributed by atoms with van der Waals surface area (Å²) in [6.07, 6.45) is 1.01. The van der Waals surface area contributed by atoms with E-state index in [0.717, 1.165) is 25.2 Å². The number of hydrogen-bond donors (Lipinski definition) is 2. The first-order valence-corrected chi connectivity index (χ1v) is 10.6. The first-order valence-electron chi connectivity index (χ1n) is 10.6. The lowest BCUT2D eigenvalue weighted by atomic mass is 9.97. The third-order valence-corrected chi connectivity index (χ3v) is 5.90. The minimum atomic E-state index is -1.09. The number of carbonyl (C=O) groups excluding carboxylic acids is 1. The Hall–Kier alpha value is -3.80. The normalized spacial score (nSPS) is 15.4. The summed E-state index contributed by atoms with van der Waals surface area (Å²) < 4.78 is 5.24. The summed E-state index contributed by atoms with van der Waals surface area (Å²) in [7, 11) is 1.49. The molecule has 1 aliphatic heterocycles. The van der Waals surface area contributed by atoms with E-state index < -0.39 is 11.9 Å². The van der Waals surface area contributed by atoms with Crippen molar-refractivity contribution in [1.82, 2.24) is 0 Å². The molecule has 1 atom stereocenters. The van der Waals surface area contributed by atoms with Gasteiger partial charge in [0.25, 0.3) is 5.91 Å². The summed E-state index contributed by atoms with van der Waals surface area (Å²) in [6.45, 7) is 3.77. The molecule has 1 heterocycles. The molecule has 0 aliphatic carbocycles. The molecule has 3 aromatic rings. The lowest BCUT2D eigenvalue weighted by Crippen LogP contribution is -2.20. The van der Waals surface area contributed by atoms with Gasteiger partial charge in [0.1, 0.15) is 5.75 Å². The van der Waals surface area contributed by atoms with E-state index in [2.05, 4.69) is 41.4 Å². The zero-order valence-corrected chi connectivity index (χ0v) is 18.2. The Kier molecular flexibility index (Phi) is 6.12. The van der Waals surface area contributed by atoms with Crippen LogP contribution < -0.4 is 15.0 Å². The number of rotatable bonds is 6. The molecule has 3 aromatic carbocycles. The SMILES string of the molecule is COc1ccccc1C(=O)Nc1ccc(N2CC[C@H](c3cccc(C)c3)C2)cc1C(=O)O. The topological polar surface area (TPSA) is 78.9 Å². The zero-order valence-electron chi connectivity index (χ0n) is 18.2. The molecule has 4 rings (SSSR count). The zero-order chi connectivity index (χ0) is 22.7. The molecule has 1 amide bonds. The number of carboxylic acids is 1. The summed E-state index contributed by atoms with van der Waals surface area (Å²) in [5, 5.41) is 12.5. The first kappa shape index (κ1) is 21.4. The predicted molar refractivity (Wildman–Crippen MR) is 125 cm³/mol. The molecule has 0 aromatic heterocycles. The Morgan fingerprint density at radius 1 is 1.03 bits per heavy atom. The second-order valence-electron chi connectivity index (χ2n) is 8.04. The fourth-order valence-electron chi connectivity index (χ4n) is 4.23. The second kappa shape index (κ2) is 9.14. The Morgan fingerprint density at radius 2 is 1.84 bits per heavy atom. The van der Waals surface area contributed by atoms with Crippen molar-refractivity contribution in [2.24, 2.45) is 0 Å². The summed E-state index contributed by atoms with van der Waals surface area (Å²) in [4.78, 5) is 26.9. The average molecular weight is 431 g/mol. The molecular formula is C26H26N2O4. The lowest BCUT2D eigenvalue weighted by Gasteiger charge is -2.21. The van der Waals surface area contributed by atoms with Crippen LogP contribution in [-0.4, -0.2) is 37.2 Å². The number of aromatic carboxylic acids is 1. The van der Waals surface area contributed by atoms with Gasteiger partial charge in [-0.1, -0.05) is 42.0 Å². The van der Waals surface area contributed by atoms with E-state index in [9.17, 15) is 14.7 Å². The maximum Gasteiger partial charge on any atom is 0.337 e. The molecule has 0 bridgehead atoms. The van der Waals surface area contributed by atoms with Crippen molar-refractivity contribution in [3.05, 3.63) is 89.0 Å². The number of para-hydroxylation sites is 1. The van der Waals surface area contributed by atoms with E-state index in [1.807, 2.05) is 6.07 Å². The van der Waals surface area contributed by atoms with E-state index >= 15 is 0 Å². The largest absolute Gasteiger partial charge is 0.496 e. The van der Waals surface area contributed by atoms with Gasteiger partial charge < -0.3 is 20.1 Å². The number of ether oxygens (including phenoxy) is 1. The Balaban J connectivity index is 1.55. The van der Waals surface area contributed by atoms with E-state index in [1.54, 1.807) is 36.4 Å². The summed E-state index contributed by atoms with van der Waals surface area (Å²) >= 11 is 0. The molecule has 0 saturated carbocycles. The van der Waals surface area contributed by atoms with Crippen molar-refractivity contribution < 1.29 is 19.4 Å². The van der Waals surface area contributed by atoms with E-state index in [0.29, 0.717) is 17.2 Å². The molecule has 2 N–H and O–H groups in total. The average Bonchev–Trinajstić information content (AvgIpc) is 3.29. The van der Waals surface area contributed by atoms with Crippen molar-refractivity contribution >= 4 is 23.3 Å². The van der Waals surface area contributed by atoms with Crippen molar-refractivity contribution in [2.45, 2.75) is 19.3 Å². The molecule has 6 nitrogen and oxygen atoms in total. The number of nitrogens with one attached hydrogen (secondary N) is 1. The first-order chi connectivity index (χ1) is 15.5. The molecule has 0 spiro atoms. The van der Waals surface area contributed by atoms with E-state index in [1.165, 1.54) is 18.2 Å². The van der Waals surface area contributed by atoms with Gasteiger partial charge in [-0.15, -0.1) is 0 Å². The Labute approximate surface area is 187 Å². The quantitative estimate of drug-likeness (QED) is 0.579. The smallest absolute Gasteiger partial charge is 0.337 e. The summed E-state index contributed by atoms with van der Waals surface area (Å²) in [5.41, 5.74) is 4.05. The minimum Gasteiger partial charge on any atom is -0.496 e. The van der Waals surface area contributed by atoms with Crippen LogP contribution in [0.25, 0.3) is 0 Å². The second-order valence-corrected chi connectivity index (χ2v) is 8.04. The molecule has 6 heteroatoms. The van der Waals surface area contributed by atoms with Crippen LogP contribution in [0.5, 0.6) is 5.75 Å². The van der Waals surface area contributed by atoms with Crippen LogP contribution in [0.3, 0.4) is 0 Å². The molecule has 0 unspecified atom stereocenters. The standard InChI is InChI=1S/C26H26N2O4/c1-17-6-5-7-18(14-17)19-12-13-28(16-19)20-10-11-23(22(15-20)26(30)31)27-25(29)21-8-3-4-9-24(21)32-2/h3-11,14-15,19H,12-13,16H2,1-2H3,(H,27,29)(H,30,31)/t19-/m0/s1. The number of anilines is 2. The minimum absolute atomic E-state index is 0.0600. The predicted octanol–water partition coefficient (Wildman–Crippen LogP) is 4.95. The van der Waals surface area contributed by atoms with Crippen LogP contribution in [-0.2, 0) is 0 Å². The summed E-state index contributed by atoms with van der Waals surface area (Å²) in [6, 6.07) is 20.5. The van der Waals surface area contributed by atoms with Crippen molar-refractivity contribution in [2.75, 3.05) is 30.4 Å². The fraction of sp³-hybridized carbons (Fsp3) is 0.231. The summed E-state index contributed by atoms with van der Waals surface area (Å²) in [5.74, 6) is -0.666. The number of carbonyl (C=O) groups is 2. The molecule has 0 radical (unpaired) electrons. The Morgan fingerprint density at radius 3 is 2.59 bits per heavy atom. The molecular weight excluding hydrogens is 404 g/mol. The molecule has 1 aliphatic rings. The van der Waals surface area contributed by atoms with Gasteiger partial charge in [-0.2, -0.15) is 0 Å². The lowest BCUT2D eigenvalue weighted by molar-refractivity contribution is 0.0698. The van der Waals surface area contributed by atoms with Gasteiger partial charge in [0.15, 0.2) is 0 Å². The highest BCUT2D eigenvalue weighted by Gasteiger charge is 2.25. The highest BCUT2D eigenvalue weighted by atomic mass is 16.5. The maximum absolute atomic E-state index is 12.7. The highest BCUT2D eigenvalue weighted by Crippen LogP contribution is 2.33. The number of methoxy groups -OCH3 is 1. The number of hydrogen-bond acceptors (Lipinski definition) is 4. The van der Waals surface area contributed by atoms with Crippen LogP contribution >= 0.6 is 0 Å². The van der Waals surface area contributed by atoms with Crippen molar-refractivity contribution in [3.63, 3.8) is 0 Å². The van der Waals surface area contributed by atoms with Crippen LogP contribution in [0.4, 0.5) is 11.4 Å². The third kappa shape index (κ3) is 4.44. The van der Waals surface area contributed by atoms with Crippen molar-refractivity contribution in [1.29, 1.82) is 0 Å². The van der Waals surface area contributed by atoms with Crippen LogP contribution in [0.1, 0.15) is 44.2 Å². The van der Waals surface area contributed by atoms with Crippen LogP contribution in [0, 0.1) is 6.92 Å². The molecule has 1 saturated heterocycles. The molecule has 32 heavy (non-hydrogen) atoms. The van der Waals surface area contributed by atoms with E-state index in [4.69, 9.17) is 4.74 Å². The van der Waals surface area contributed by atoms with E-state index in [-0.39, 0.29) is 11.3 Å². The van der Waals surface area contributed by atoms with Gasteiger partial charge in [-0.3, -0.25) is 4.79 Å². The maximum atomic E-state index is 12.7. The highest BCUT2D eigenvalue weighted by molar-refractivity contribution is 6.09. The fourth-order valence-corrected chi connectivity index (χ4v) is 4.23. The van der Waals surface area contributed by atoms with Crippen LogP contribution in [0.15, 0.2) is 66.7 Å².